The number of anilines is 2. The molecule has 0 spiro atoms. The number of nitrogen functional groups attached to an aromatic ring is 1. The van der Waals surface area contributed by atoms with Gasteiger partial charge in [0.2, 0.25) is 11.7 Å². The van der Waals surface area contributed by atoms with E-state index in [2.05, 4.69) is 25.1 Å². The number of methoxy groups -OCH3 is 1. The van der Waals surface area contributed by atoms with Crippen LogP contribution in [0.5, 0.6) is 5.75 Å². The average molecular weight is 487 g/mol. The van der Waals surface area contributed by atoms with Crippen molar-refractivity contribution in [3.05, 3.63) is 41.3 Å². The zero-order valence-corrected chi connectivity index (χ0v) is 19.8. The standard InChI is InChI=1S/C24H31FN6O4/c1-34-21-3-2-16(25)12-19(21)22(33)20-13-27-24(29-23(20)26)28-17-4-6-30(7-5-17)14-18(32)15-31-8-10-35-11-9-31/h2-3,12-13,17H,4-11,14-15H2,1H3,(H3,26,27,28,29). The van der Waals surface area contributed by atoms with Crippen LogP contribution < -0.4 is 15.8 Å². The van der Waals surface area contributed by atoms with Crippen LogP contribution in [0.1, 0.15) is 28.8 Å². The van der Waals surface area contributed by atoms with E-state index in [-0.39, 0.29) is 34.5 Å². The van der Waals surface area contributed by atoms with Crippen molar-refractivity contribution in [3.63, 3.8) is 0 Å². The van der Waals surface area contributed by atoms with Crippen LogP contribution in [0.4, 0.5) is 16.2 Å². The number of ketones is 2. The molecule has 3 N–H and O–H groups in total. The Morgan fingerprint density at radius 2 is 1.83 bits per heavy atom. The van der Waals surface area contributed by atoms with Gasteiger partial charge in [-0.15, -0.1) is 0 Å². The summed E-state index contributed by atoms with van der Waals surface area (Å²) in [5.41, 5.74) is 6.18. The lowest BCUT2D eigenvalue weighted by Crippen LogP contribution is -2.45. The molecule has 0 amide bonds. The number of hydrogen-bond donors (Lipinski definition) is 2. The Labute approximate surface area is 203 Å². The predicted octanol–water partition coefficient (Wildman–Crippen LogP) is 1.22. The molecule has 35 heavy (non-hydrogen) atoms. The number of piperidine rings is 1. The van der Waals surface area contributed by atoms with Crippen LogP contribution >= 0.6 is 0 Å². The van der Waals surface area contributed by atoms with Gasteiger partial charge < -0.3 is 20.5 Å². The Kier molecular flexibility index (Phi) is 8.21. The van der Waals surface area contributed by atoms with Gasteiger partial charge in [-0.2, -0.15) is 4.98 Å². The third-order valence-electron chi connectivity index (χ3n) is 6.29. The number of rotatable bonds is 9. The molecule has 0 unspecified atom stereocenters. The first-order valence-electron chi connectivity index (χ1n) is 11.7. The third-order valence-corrected chi connectivity index (χ3v) is 6.29. The number of Topliss-reactive ketones (excluding diaryl/α,β-unsaturated/α-hetero) is 1. The second-order valence-corrected chi connectivity index (χ2v) is 8.79. The first-order valence-corrected chi connectivity index (χ1v) is 11.7. The molecule has 2 aliphatic rings. The van der Waals surface area contributed by atoms with Gasteiger partial charge >= 0.3 is 0 Å². The fourth-order valence-electron chi connectivity index (χ4n) is 4.37. The molecule has 4 rings (SSSR count). The lowest BCUT2D eigenvalue weighted by atomic mass is 10.0. The van der Waals surface area contributed by atoms with Crippen molar-refractivity contribution in [2.45, 2.75) is 18.9 Å². The summed E-state index contributed by atoms with van der Waals surface area (Å²) in [5.74, 6) is -0.267. The van der Waals surface area contributed by atoms with E-state index in [1.54, 1.807) is 0 Å². The second kappa shape index (κ2) is 11.5. The summed E-state index contributed by atoms with van der Waals surface area (Å²) >= 11 is 0. The van der Waals surface area contributed by atoms with Crippen molar-refractivity contribution in [1.29, 1.82) is 0 Å². The highest BCUT2D eigenvalue weighted by atomic mass is 19.1. The molecule has 1 aromatic heterocycles. The summed E-state index contributed by atoms with van der Waals surface area (Å²) in [6.07, 6.45) is 3.00. The summed E-state index contributed by atoms with van der Waals surface area (Å²) < 4.78 is 24.2. The summed E-state index contributed by atoms with van der Waals surface area (Å²) in [4.78, 5) is 38.1. The second-order valence-electron chi connectivity index (χ2n) is 8.79. The van der Waals surface area contributed by atoms with Crippen molar-refractivity contribution in [2.24, 2.45) is 0 Å². The van der Waals surface area contributed by atoms with E-state index in [0.29, 0.717) is 32.3 Å². The van der Waals surface area contributed by atoms with Gasteiger partial charge in [0.15, 0.2) is 5.78 Å². The highest BCUT2D eigenvalue weighted by molar-refractivity contribution is 6.13. The van der Waals surface area contributed by atoms with E-state index in [1.165, 1.54) is 25.4 Å². The molecule has 2 aliphatic heterocycles. The largest absolute Gasteiger partial charge is 0.496 e. The van der Waals surface area contributed by atoms with Crippen molar-refractivity contribution in [1.82, 2.24) is 19.8 Å². The molecule has 11 heteroatoms. The van der Waals surface area contributed by atoms with Gasteiger partial charge in [0.1, 0.15) is 17.4 Å². The van der Waals surface area contributed by atoms with Crippen molar-refractivity contribution >= 4 is 23.3 Å². The Morgan fingerprint density at radius 3 is 2.49 bits per heavy atom. The highest BCUT2D eigenvalue weighted by Crippen LogP contribution is 2.25. The van der Waals surface area contributed by atoms with Crippen molar-refractivity contribution in [2.75, 3.05) is 70.6 Å². The Bertz CT molecular complexity index is 1050. The number of nitrogens with one attached hydrogen (secondary N) is 1. The number of halogens is 1. The number of hydrogen-bond acceptors (Lipinski definition) is 10. The first kappa shape index (κ1) is 25.0. The van der Waals surface area contributed by atoms with E-state index < -0.39 is 11.6 Å². The normalized spacial score (nSPS) is 17.8. The van der Waals surface area contributed by atoms with E-state index in [1.807, 2.05) is 0 Å². The molecule has 0 atom stereocenters. The molecule has 0 bridgehead atoms. The fourth-order valence-corrected chi connectivity index (χ4v) is 4.37. The molecule has 0 radical (unpaired) electrons. The number of ether oxygens (including phenoxy) is 2. The molecule has 2 saturated heterocycles. The van der Waals surface area contributed by atoms with Crippen LogP contribution in [-0.4, -0.2) is 97.0 Å². The monoisotopic (exact) mass is 486 g/mol. The molecule has 10 nitrogen and oxygen atoms in total. The van der Waals surface area contributed by atoms with Crippen LogP contribution in [0.25, 0.3) is 0 Å². The zero-order chi connectivity index (χ0) is 24.8. The summed E-state index contributed by atoms with van der Waals surface area (Å²) in [7, 11) is 1.40. The lowest BCUT2D eigenvalue weighted by molar-refractivity contribution is -0.122. The van der Waals surface area contributed by atoms with Gasteiger partial charge in [-0.1, -0.05) is 0 Å². The first-order chi connectivity index (χ1) is 16.9. The third kappa shape index (κ3) is 6.50. The number of aromatic nitrogens is 2. The van der Waals surface area contributed by atoms with Crippen molar-refractivity contribution < 1.29 is 23.5 Å². The summed E-state index contributed by atoms with van der Waals surface area (Å²) in [5, 5.41) is 3.27. The van der Waals surface area contributed by atoms with Gasteiger partial charge in [-0.3, -0.25) is 19.4 Å². The number of nitrogens with zero attached hydrogens (tertiary/aromatic N) is 4. The number of carbonyl (C=O) groups excluding carboxylic acids is 2. The number of nitrogens with two attached hydrogens (primary N) is 1. The van der Waals surface area contributed by atoms with E-state index in [0.717, 1.165) is 45.1 Å². The quantitative estimate of drug-likeness (QED) is 0.500. The highest BCUT2D eigenvalue weighted by Gasteiger charge is 2.24. The molecule has 188 valence electrons. The summed E-state index contributed by atoms with van der Waals surface area (Å²) in [6, 6.07) is 3.84. The zero-order valence-electron chi connectivity index (χ0n) is 19.8. The molecular formula is C24H31FN6O4. The predicted molar refractivity (Wildman–Crippen MR) is 128 cm³/mol. The molecule has 1 aromatic carbocycles. The minimum absolute atomic E-state index is 0.00459. The van der Waals surface area contributed by atoms with Gasteiger partial charge in [-0.05, 0) is 31.0 Å². The molecule has 0 saturated carbocycles. The minimum atomic E-state index is -0.555. The Balaban J connectivity index is 1.29. The van der Waals surface area contributed by atoms with E-state index >= 15 is 0 Å². The number of morpholine rings is 1. The van der Waals surface area contributed by atoms with Crippen LogP contribution in [0.3, 0.4) is 0 Å². The molecule has 2 aromatic rings. The maximum absolute atomic E-state index is 13.7. The lowest BCUT2D eigenvalue weighted by Gasteiger charge is -2.32. The Hall–Kier alpha value is -3.15. The molecular weight excluding hydrogens is 455 g/mol. The van der Waals surface area contributed by atoms with Gasteiger partial charge in [0.25, 0.3) is 0 Å². The number of benzene rings is 1. The molecule has 3 heterocycles. The van der Waals surface area contributed by atoms with E-state index in [4.69, 9.17) is 15.2 Å². The average Bonchev–Trinajstić information content (AvgIpc) is 2.85. The SMILES string of the molecule is COc1ccc(F)cc1C(=O)c1cnc(NC2CCN(CC(=O)CN3CCOCC3)CC2)nc1N. The maximum atomic E-state index is 13.7. The van der Waals surface area contributed by atoms with Crippen LogP contribution in [0.2, 0.25) is 0 Å². The molecule has 0 aliphatic carbocycles. The van der Waals surface area contributed by atoms with Crippen LogP contribution in [0, 0.1) is 5.82 Å². The van der Waals surface area contributed by atoms with E-state index in [9.17, 15) is 14.0 Å². The van der Waals surface area contributed by atoms with Crippen LogP contribution in [-0.2, 0) is 9.53 Å². The maximum Gasteiger partial charge on any atom is 0.224 e. The minimum Gasteiger partial charge on any atom is -0.496 e. The van der Waals surface area contributed by atoms with Gasteiger partial charge in [0, 0.05) is 38.4 Å². The van der Waals surface area contributed by atoms with Crippen LogP contribution in [0.15, 0.2) is 24.4 Å². The molecule has 2 fully saturated rings. The number of likely N-dealkylation sites (tertiary alicyclic amines) is 1. The van der Waals surface area contributed by atoms with Gasteiger partial charge in [-0.25, -0.2) is 9.37 Å². The number of carbonyl (C=O) groups is 2. The van der Waals surface area contributed by atoms with Crippen molar-refractivity contribution in [3.8, 4) is 5.75 Å². The summed E-state index contributed by atoms with van der Waals surface area (Å²) in [6.45, 7) is 5.49. The van der Waals surface area contributed by atoms with Gasteiger partial charge in [0.05, 0.1) is 44.5 Å². The Morgan fingerprint density at radius 1 is 1.14 bits per heavy atom. The fraction of sp³-hybridized carbons (Fsp3) is 0.500. The smallest absolute Gasteiger partial charge is 0.224 e. The topological polar surface area (TPSA) is 123 Å².